The Morgan fingerprint density at radius 1 is 1.33 bits per heavy atom. The zero-order valence-corrected chi connectivity index (χ0v) is 15.5. The van der Waals surface area contributed by atoms with E-state index in [1.807, 2.05) is 60.7 Å². The first-order valence-corrected chi connectivity index (χ1v) is 8.80. The molecule has 3 rings (SSSR count). The minimum absolute atomic E-state index is 0.285. The van der Waals surface area contributed by atoms with Crippen LogP contribution in [0.1, 0.15) is 36.1 Å². The van der Waals surface area contributed by atoms with E-state index in [-0.39, 0.29) is 11.9 Å². The molecule has 0 aliphatic rings. The molecule has 0 spiro atoms. The highest BCUT2D eigenvalue weighted by atomic mass is 127. The molecule has 0 radical (unpaired) electrons. The Hall–Kier alpha value is -1.96. The maximum atomic E-state index is 13.7. The van der Waals surface area contributed by atoms with Gasteiger partial charge in [-0.1, -0.05) is 12.1 Å². The van der Waals surface area contributed by atoms with Crippen LogP contribution in [0.3, 0.4) is 0 Å². The van der Waals surface area contributed by atoms with Crippen molar-refractivity contribution in [3.63, 3.8) is 0 Å². The predicted octanol–water partition coefficient (Wildman–Crippen LogP) is 4.29. The second-order valence-corrected chi connectivity index (χ2v) is 6.69. The number of fused-ring (bicyclic) bond motifs is 1. The van der Waals surface area contributed by atoms with Crippen LogP contribution in [0, 0.1) is 9.39 Å². The SMILES string of the molecule is CCn1c(C(C)NC(=O)c2ccc(I)c(F)c2)nc2ccccc21. The number of imidazole rings is 1. The van der Waals surface area contributed by atoms with Gasteiger partial charge in [0.15, 0.2) is 0 Å². The first kappa shape index (κ1) is 16.9. The molecule has 0 aliphatic carbocycles. The van der Waals surface area contributed by atoms with E-state index in [0.29, 0.717) is 9.13 Å². The Morgan fingerprint density at radius 3 is 2.79 bits per heavy atom. The van der Waals surface area contributed by atoms with Gasteiger partial charge in [-0.2, -0.15) is 0 Å². The van der Waals surface area contributed by atoms with Gasteiger partial charge in [-0.15, -0.1) is 0 Å². The molecule has 3 aromatic rings. The molecular weight excluding hydrogens is 420 g/mol. The lowest BCUT2D eigenvalue weighted by molar-refractivity contribution is 0.0937. The molecule has 1 aromatic heterocycles. The van der Waals surface area contributed by atoms with Crippen molar-refractivity contribution < 1.29 is 9.18 Å². The summed E-state index contributed by atoms with van der Waals surface area (Å²) in [5.41, 5.74) is 2.24. The third-order valence-corrected chi connectivity index (χ3v) is 4.79. The number of benzene rings is 2. The molecule has 6 heteroatoms. The minimum atomic E-state index is -0.392. The number of aromatic nitrogens is 2. The Kier molecular flexibility index (Phi) is 4.84. The van der Waals surface area contributed by atoms with Crippen LogP contribution in [0.2, 0.25) is 0 Å². The largest absolute Gasteiger partial charge is 0.342 e. The van der Waals surface area contributed by atoms with Crippen molar-refractivity contribution in [3.05, 3.63) is 63.2 Å². The maximum Gasteiger partial charge on any atom is 0.251 e. The Bertz CT molecular complexity index is 906. The molecule has 0 aliphatic heterocycles. The van der Waals surface area contributed by atoms with Crippen molar-refractivity contribution in [1.82, 2.24) is 14.9 Å². The average Bonchev–Trinajstić information content (AvgIpc) is 2.96. The van der Waals surface area contributed by atoms with Crippen LogP contribution in [-0.4, -0.2) is 15.5 Å². The average molecular weight is 437 g/mol. The summed E-state index contributed by atoms with van der Waals surface area (Å²) in [6.45, 7) is 4.68. The fraction of sp³-hybridized carbons (Fsp3) is 0.222. The van der Waals surface area contributed by atoms with E-state index < -0.39 is 5.82 Å². The van der Waals surface area contributed by atoms with Gasteiger partial charge >= 0.3 is 0 Å². The Labute approximate surface area is 153 Å². The minimum Gasteiger partial charge on any atom is -0.342 e. The van der Waals surface area contributed by atoms with Gasteiger partial charge in [0.05, 0.1) is 17.1 Å². The fourth-order valence-electron chi connectivity index (χ4n) is 2.74. The zero-order valence-electron chi connectivity index (χ0n) is 13.4. The number of nitrogens with zero attached hydrogens (tertiary/aromatic N) is 2. The van der Waals surface area contributed by atoms with Crippen molar-refractivity contribution in [1.29, 1.82) is 0 Å². The second-order valence-electron chi connectivity index (χ2n) is 5.53. The summed E-state index contributed by atoms with van der Waals surface area (Å²) in [7, 11) is 0. The lowest BCUT2D eigenvalue weighted by atomic mass is 10.2. The van der Waals surface area contributed by atoms with Crippen LogP contribution in [0.4, 0.5) is 4.39 Å². The Morgan fingerprint density at radius 2 is 2.08 bits per heavy atom. The second kappa shape index (κ2) is 6.88. The van der Waals surface area contributed by atoms with Crippen LogP contribution in [-0.2, 0) is 6.54 Å². The van der Waals surface area contributed by atoms with E-state index in [9.17, 15) is 9.18 Å². The predicted molar refractivity (Wildman–Crippen MR) is 100 cm³/mol. The molecule has 0 saturated carbocycles. The number of hydrogen-bond acceptors (Lipinski definition) is 2. The van der Waals surface area contributed by atoms with Crippen LogP contribution in [0.15, 0.2) is 42.5 Å². The molecule has 1 unspecified atom stereocenters. The van der Waals surface area contributed by atoms with Crippen LogP contribution in [0.25, 0.3) is 11.0 Å². The standard InChI is InChI=1S/C18H17FIN3O/c1-3-23-16-7-5-4-6-15(16)22-17(23)11(2)21-18(24)12-8-9-14(20)13(19)10-12/h4-11H,3H2,1-2H3,(H,21,24). The summed E-state index contributed by atoms with van der Waals surface area (Å²) in [6.07, 6.45) is 0. The molecule has 24 heavy (non-hydrogen) atoms. The smallest absolute Gasteiger partial charge is 0.251 e. The summed E-state index contributed by atoms with van der Waals surface area (Å²) in [4.78, 5) is 17.0. The molecule has 0 fully saturated rings. The highest BCUT2D eigenvalue weighted by Gasteiger charge is 2.18. The first-order valence-electron chi connectivity index (χ1n) is 7.72. The molecule has 2 aromatic carbocycles. The fourth-order valence-corrected chi connectivity index (χ4v) is 3.07. The molecular formula is C18H17FIN3O. The van der Waals surface area contributed by atoms with E-state index in [4.69, 9.17) is 0 Å². The van der Waals surface area contributed by atoms with E-state index >= 15 is 0 Å². The summed E-state index contributed by atoms with van der Waals surface area (Å²) in [6, 6.07) is 12.1. The molecule has 1 heterocycles. The van der Waals surface area contributed by atoms with Crippen molar-refractivity contribution in [2.24, 2.45) is 0 Å². The highest BCUT2D eigenvalue weighted by molar-refractivity contribution is 14.1. The van der Waals surface area contributed by atoms with Gasteiger partial charge in [0.25, 0.3) is 5.91 Å². The summed E-state index contributed by atoms with van der Waals surface area (Å²) in [5.74, 6) is 0.0854. The molecule has 1 amide bonds. The van der Waals surface area contributed by atoms with E-state index in [2.05, 4.69) is 14.9 Å². The maximum absolute atomic E-state index is 13.7. The van der Waals surface area contributed by atoms with Crippen molar-refractivity contribution in [2.75, 3.05) is 0 Å². The van der Waals surface area contributed by atoms with Gasteiger partial charge in [0.1, 0.15) is 11.6 Å². The zero-order chi connectivity index (χ0) is 17.3. The lowest BCUT2D eigenvalue weighted by Gasteiger charge is -2.15. The van der Waals surface area contributed by atoms with Gasteiger partial charge in [-0.05, 0) is 66.8 Å². The number of carbonyl (C=O) groups is 1. The van der Waals surface area contributed by atoms with E-state index in [1.165, 1.54) is 6.07 Å². The quantitative estimate of drug-likeness (QED) is 0.620. The lowest BCUT2D eigenvalue weighted by Crippen LogP contribution is -2.28. The number of carbonyl (C=O) groups excluding carboxylic acids is 1. The van der Waals surface area contributed by atoms with Gasteiger partial charge in [-0.3, -0.25) is 4.79 Å². The van der Waals surface area contributed by atoms with E-state index in [0.717, 1.165) is 23.4 Å². The Balaban J connectivity index is 1.88. The molecule has 1 atom stereocenters. The number of amides is 1. The van der Waals surface area contributed by atoms with Gasteiger partial charge < -0.3 is 9.88 Å². The number of para-hydroxylation sites is 2. The first-order chi connectivity index (χ1) is 11.5. The number of nitrogens with one attached hydrogen (secondary N) is 1. The number of aryl methyl sites for hydroxylation is 1. The van der Waals surface area contributed by atoms with Crippen molar-refractivity contribution in [2.45, 2.75) is 26.4 Å². The van der Waals surface area contributed by atoms with Gasteiger partial charge in [0.2, 0.25) is 0 Å². The van der Waals surface area contributed by atoms with Crippen molar-refractivity contribution in [3.8, 4) is 0 Å². The summed E-state index contributed by atoms with van der Waals surface area (Å²) >= 11 is 1.90. The third kappa shape index (κ3) is 3.15. The topological polar surface area (TPSA) is 46.9 Å². The molecule has 4 nitrogen and oxygen atoms in total. The highest BCUT2D eigenvalue weighted by Crippen LogP contribution is 2.21. The monoisotopic (exact) mass is 437 g/mol. The molecule has 1 N–H and O–H groups in total. The van der Waals surface area contributed by atoms with Crippen LogP contribution in [0.5, 0.6) is 0 Å². The van der Waals surface area contributed by atoms with E-state index in [1.54, 1.807) is 12.1 Å². The number of rotatable bonds is 4. The summed E-state index contributed by atoms with van der Waals surface area (Å²) < 4.78 is 16.2. The van der Waals surface area contributed by atoms with Gasteiger partial charge in [-0.25, -0.2) is 9.37 Å². The summed E-state index contributed by atoms with van der Waals surface area (Å²) in [5, 5.41) is 2.90. The van der Waals surface area contributed by atoms with Crippen LogP contribution >= 0.6 is 22.6 Å². The molecule has 0 bridgehead atoms. The van der Waals surface area contributed by atoms with Gasteiger partial charge in [0, 0.05) is 15.7 Å². The van der Waals surface area contributed by atoms with Crippen molar-refractivity contribution >= 4 is 39.5 Å². The normalized spacial score (nSPS) is 12.3. The third-order valence-electron chi connectivity index (χ3n) is 3.92. The number of hydrogen-bond donors (Lipinski definition) is 1. The van der Waals surface area contributed by atoms with Crippen LogP contribution < -0.4 is 5.32 Å². The number of halogens is 2. The molecule has 124 valence electrons. The molecule has 0 saturated heterocycles.